The molecule has 4 heteroatoms. The maximum Gasteiger partial charge on any atom is 0.486 e. The van der Waals surface area contributed by atoms with Crippen molar-refractivity contribution in [1.82, 2.24) is 0 Å². The molecule has 0 radical (unpaired) electrons. The van der Waals surface area contributed by atoms with E-state index in [0.717, 1.165) is 0 Å². The summed E-state index contributed by atoms with van der Waals surface area (Å²) in [5.41, 5.74) is -0.461. The molecule has 0 N–H and O–H groups in total. The molecule has 94 valence electrons. The molecule has 1 fully saturated rings. The zero-order valence-electron chi connectivity index (χ0n) is 11.3. The highest BCUT2D eigenvalue weighted by Gasteiger charge is 2.49. The minimum atomic E-state index is -0.250. The summed E-state index contributed by atoms with van der Waals surface area (Å²) >= 11 is 2.94. The minimum absolute atomic E-state index is 0.230. The van der Waals surface area contributed by atoms with Gasteiger partial charge in [0.1, 0.15) is 0 Å². The van der Waals surface area contributed by atoms with Crippen LogP contribution in [0.4, 0.5) is 0 Å². The van der Waals surface area contributed by atoms with Crippen LogP contribution in [0.5, 0.6) is 0 Å². The number of halogens is 1. The third-order valence-electron chi connectivity index (χ3n) is 2.46. The first-order valence-corrected chi connectivity index (χ1v) is 6.82. The van der Waals surface area contributed by atoms with Gasteiger partial charge >= 0.3 is 7.12 Å². The molecule has 0 aromatic heterocycles. The van der Waals surface area contributed by atoms with Crippen LogP contribution in [0.25, 0.3) is 0 Å². The Bertz CT molecular complexity index is 199. The van der Waals surface area contributed by atoms with Gasteiger partial charge in [-0.1, -0.05) is 28.0 Å². The molecule has 1 aliphatic rings. The second-order valence-electron chi connectivity index (χ2n) is 4.27. The third kappa shape index (κ3) is 5.33. The van der Waals surface area contributed by atoms with E-state index in [9.17, 15) is 0 Å². The van der Waals surface area contributed by atoms with Crippen molar-refractivity contribution in [3.05, 3.63) is 25.2 Å². The topological polar surface area (TPSA) is 18.5 Å². The monoisotopic (exact) mass is 290 g/mol. The van der Waals surface area contributed by atoms with Crippen LogP contribution in [0.3, 0.4) is 0 Å². The molecule has 1 aliphatic heterocycles. The quantitative estimate of drug-likeness (QED) is 0.413. The van der Waals surface area contributed by atoms with Crippen LogP contribution in [0.2, 0.25) is 0 Å². The maximum atomic E-state index is 5.57. The normalized spacial score (nSPS) is 19.8. The van der Waals surface area contributed by atoms with Gasteiger partial charge in [0.2, 0.25) is 0 Å². The van der Waals surface area contributed by atoms with Crippen molar-refractivity contribution in [3.63, 3.8) is 0 Å². The van der Waals surface area contributed by atoms with Gasteiger partial charge < -0.3 is 9.31 Å². The van der Waals surface area contributed by atoms with Gasteiger partial charge in [-0.15, -0.1) is 13.2 Å². The number of rotatable bonds is 1. The average Bonchev–Trinajstić information content (AvgIpc) is 2.40. The molecule has 1 saturated heterocycles. The average molecular weight is 291 g/mol. The van der Waals surface area contributed by atoms with Gasteiger partial charge in [-0.2, -0.15) is 0 Å². The number of allylic oxidation sites excluding steroid dienone is 1. The van der Waals surface area contributed by atoms with Crippen molar-refractivity contribution < 1.29 is 9.31 Å². The molecule has 0 amide bonds. The van der Waals surface area contributed by atoms with Crippen LogP contribution >= 0.6 is 15.9 Å². The molecule has 0 aliphatic carbocycles. The number of hydrogen-bond acceptors (Lipinski definition) is 2. The summed E-state index contributed by atoms with van der Waals surface area (Å²) in [6, 6.07) is 0. The minimum Gasteiger partial charge on any atom is -0.400 e. The van der Waals surface area contributed by atoms with Gasteiger partial charge in [-0.25, -0.2) is 0 Å². The van der Waals surface area contributed by atoms with E-state index < -0.39 is 0 Å². The molecule has 0 unspecified atom stereocenters. The van der Waals surface area contributed by atoms with E-state index in [-0.39, 0.29) is 18.3 Å². The molecule has 16 heavy (non-hydrogen) atoms. The van der Waals surface area contributed by atoms with Crippen LogP contribution in [-0.4, -0.2) is 24.2 Å². The fraction of sp³-hybridized carbons (Fsp3) is 0.667. The Morgan fingerprint density at radius 1 is 1.00 bits per heavy atom. The molecule has 0 bridgehead atoms. The predicted octanol–water partition coefficient (Wildman–Crippen LogP) is 4.01. The summed E-state index contributed by atoms with van der Waals surface area (Å²) in [7, 11) is -0.250. The summed E-state index contributed by atoms with van der Waals surface area (Å²) < 4.78 is 11.1. The van der Waals surface area contributed by atoms with E-state index in [1.807, 2.05) is 40.5 Å². The zero-order chi connectivity index (χ0) is 13.4. The summed E-state index contributed by atoms with van der Waals surface area (Å²) in [5.74, 6) is 3.49. The van der Waals surface area contributed by atoms with Gasteiger partial charge in [-0.05, 0) is 40.5 Å². The Kier molecular flexibility index (Phi) is 9.27. The van der Waals surface area contributed by atoms with Gasteiger partial charge in [0, 0.05) is 0 Å². The smallest absolute Gasteiger partial charge is 0.400 e. The Morgan fingerprint density at radius 3 is 1.38 bits per heavy atom. The van der Waals surface area contributed by atoms with Crippen molar-refractivity contribution in [3.8, 4) is 0 Å². The first kappa shape index (κ1) is 18.3. The summed E-state index contributed by atoms with van der Waals surface area (Å²) in [6.45, 7) is 17.0. The van der Waals surface area contributed by atoms with E-state index in [1.165, 1.54) is 0 Å². The van der Waals surface area contributed by atoms with Crippen molar-refractivity contribution >= 4 is 23.0 Å². The van der Waals surface area contributed by atoms with Gasteiger partial charge in [0.05, 0.1) is 11.2 Å². The lowest BCUT2D eigenvalue weighted by Gasteiger charge is -2.32. The predicted molar refractivity (Wildman–Crippen MR) is 77.0 cm³/mol. The number of alkyl halides is 1. The Labute approximate surface area is 109 Å². The molecule has 0 saturated carbocycles. The van der Waals surface area contributed by atoms with E-state index in [4.69, 9.17) is 9.31 Å². The molecule has 0 aromatic rings. The largest absolute Gasteiger partial charge is 0.486 e. The molecule has 0 atom stereocenters. The van der Waals surface area contributed by atoms with Crippen molar-refractivity contribution in [2.24, 2.45) is 0 Å². The van der Waals surface area contributed by atoms with Gasteiger partial charge in [-0.3, -0.25) is 0 Å². The summed E-state index contributed by atoms with van der Waals surface area (Å²) in [5, 5.41) is 0. The van der Waals surface area contributed by atoms with Crippen LogP contribution in [-0.2, 0) is 9.31 Å². The van der Waals surface area contributed by atoms with Crippen molar-refractivity contribution in [1.29, 1.82) is 0 Å². The van der Waals surface area contributed by atoms with Crippen LogP contribution in [0.15, 0.2) is 25.2 Å². The molecule has 1 heterocycles. The van der Waals surface area contributed by atoms with E-state index in [2.05, 4.69) is 29.1 Å². The van der Waals surface area contributed by atoms with Crippen LogP contribution in [0.1, 0.15) is 34.6 Å². The van der Waals surface area contributed by atoms with Gasteiger partial charge in [0.25, 0.3) is 0 Å². The first-order chi connectivity index (χ1) is 7.30. The highest BCUT2D eigenvalue weighted by atomic mass is 79.9. The van der Waals surface area contributed by atoms with Crippen molar-refractivity contribution in [2.75, 3.05) is 5.83 Å². The molecule has 2 nitrogen and oxygen atoms in total. The Balaban J connectivity index is 0. The SMILES string of the molecule is C=CB1OC(C)(C)C(C)(C)O1.C=CC.CBr. The van der Waals surface area contributed by atoms with Crippen molar-refractivity contribution in [2.45, 2.75) is 45.8 Å². The lowest BCUT2D eigenvalue weighted by Crippen LogP contribution is -2.41. The maximum absolute atomic E-state index is 5.57. The second-order valence-corrected chi connectivity index (χ2v) is 4.27. The number of hydrogen-bond donors (Lipinski definition) is 0. The lowest BCUT2D eigenvalue weighted by molar-refractivity contribution is 0.00578. The highest BCUT2D eigenvalue weighted by Crippen LogP contribution is 2.36. The van der Waals surface area contributed by atoms with E-state index in [1.54, 1.807) is 12.1 Å². The Morgan fingerprint density at radius 2 is 1.25 bits per heavy atom. The summed E-state index contributed by atoms with van der Waals surface area (Å²) in [4.78, 5) is 0. The summed E-state index contributed by atoms with van der Waals surface area (Å²) in [6.07, 6.45) is 1.75. The molecular formula is C12H24BBrO2. The lowest BCUT2D eigenvalue weighted by atomic mass is 9.90. The zero-order valence-corrected chi connectivity index (χ0v) is 12.9. The molecule has 0 spiro atoms. The third-order valence-corrected chi connectivity index (χ3v) is 2.46. The van der Waals surface area contributed by atoms with Crippen LogP contribution < -0.4 is 0 Å². The molecule has 1 rings (SSSR count). The van der Waals surface area contributed by atoms with E-state index >= 15 is 0 Å². The fourth-order valence-electron chi connectivity index (χ4n) is 0.985. The standard InChI is InChI=1S/C8H15BO2.C3H6.CH3Br/c1-6-9-10-7(2,3)8(4,5)11-9;1-3-2;1-2/h6H,1H2,2-5H3;3H,1H2,2H3;1H3. The second kappa shape index (κ2) is 8.10. The molecule has 0 aromatic carbocycles. The first-order valence-electron chi connectivity index (χ1n) is 5.23. The Hall–Kier alpha value is -0.0551. The fourth-order valence-corrected chi connectivity index (χ4v) is 0.985. The highest BCUT2D eigenvalue weighted by molar-refractivity contribution is 9.08. The molecular weight excluding hydrogens is 267 g/mol. The van der Waals surface area contributed by atoms with Gasteiger partial charge in [0.15, 0.2) is 0 Å². The van der Waals surface area contributed by atoms with Crippen LogP contribution in [0, 0.1) is 0 Å². The van der Waals surface area contributed by atoms with E-state index in [0.29, 0.717) is 0 Å².